The maximum atomic E-state index is 13.4. The number of pyridine rings is 1. The molecule has 132 valence electrons. The second kappa shape index (κ2) is 5.99. The number of aryl methyl sites for hydroxylation is 1. The second-order valence-electron chi connectivity index (χ2n) is 6.74. The molecule has 27 heavy (non-hydrogen) atoms. The van der Waals surface area contributed by atoms with Crippen LogP contribution in [0.15, 0.2) is 73.1 Å². The van der Waals surface area contributed by atoms with E-state index in [1.54, 1.807) is 11.1 Å². The number of carbonyl (C=O) groups is 1. The molecule has 0 fully saturated rings. The molecule has 5 rings (SSSR count). The molecule has 0 spiro atoms. The first-order chi connectivity index (χ1) is 13.2. The van der Waals surface area contributed by atoms with Crippen LogP contribution >= 0.6 is 0 Å². The number of amides is 1. The van der Waals surface area contributed by atoms with E-state index in [1.165, 1.54) is 0 Å². The van der Waals surface area contributed by atoms with Gasteiger partial charge in [-0.3, -0.25) is 4.79 Å². The van der Waals surface area contributed by atoms with Gasteiger partial charge in [-0.1, -0.05) is 18.2 Å². The zero-order valence-electron chi connectivity index (χ0n) is 14.9. The summed E-state index contributed by atoms with van der Waals surface area (Å²) in [7, 11) is 2.00. The fourth-order valence-electron chi connectivity index (χ4n) is 3.63. The predicted molar refractivity (Wildman–Crippen MR) is 107 cm³/mol. The summed E-state index contributed by atoms with van der Waals surface area (Å²) in [5.74, 6) is 0.657. The van der Waals surface area contributed by atoms with Crippen LogP contribution in [0.1, 0.15) is 15.9 Å². The SMILES string of the molecule is Cn1ccc2cc(C(=O)N3Cc4ccccc4Nc4ncccc43)ccc21. The van der Waals surface area contributed by atoms with Crippen LogP contribution in [0, 0.1) is 0 Å². The van der Waals surface area contributed by atoms with Gasteiger partial charge in [0.05, 0.1) is 12.2 Å². The van der Waals surface area contributed by atoms with Crippen LogP contribution in [0.5, 0.6) is 0 Å². The van der Waals surface area contributed by atoms with Crippen molar-refractivity contribution >= 4 is 34.0 Å². The average molecular weight is 354 g/mol. The zero-order chi connectivity index (χ0) is 18.4. The minimum absolute atomic E-state index is 0.0338. The molecule has 3 heterocycles. The Hall–Kier alpha value is -3.60. The maximum absolute atomic E-state index is 13.4. The van der Waals surface area contributed by atoms with Gasteiger partial charge in [0.2, 0.25) is 0 Å². The van der Waals surface area contributed by atoms with Gasteiger partial charge in [0, 0.05) is 41.6 Å². The van der Waals surface area contributed by atoms with E-state index in [9.17, 15) is 4.79 Å². The number of nitrogens with zero attached hydrogens (tertiary/aromatic N) is 3. The van der Waals surface area contributed by atoms with Crippen molar-refractivity contribution < 1.29 is 4.79 Å². The average Bonchev–Trinajstić information content (AvgIpc) is 2.98. The van der Waals surface area contributed by atoms with Crippen LogP contribution in [0.3, 0.4) is 0 Å². The first-order valence-corrected chi connectivity index (χ1v) is 8.87. The largest absolute Gasteiger partial charge is 0.351 e. The monoisotopic (exact) mass is 354 g/mol. The molecule has 0 saturated heterocycles. The Labute approximate surface area is 156 Å². The van der Waals surface area contributed by atoms with Crippen molar-refractivity contribution in [3.05, 3.63) is 84.2 Å². The number of hydrogen-bond donors (Lipinski definition) is 1. The van der Waals surface area contributed by atoms with E-state index >= 15 is 0 Å². The summed E-state index contributed by atoms with van der Waals surface area (Å²) in [5, 5.41) is 4.42. The van der Waals surface area contributed by atoms with Crippen molar-refractivity contribution in [3.8, 4) is 0 Å². The molecule has 2 aromatic heterocycles. The Kier molecular flexibility index (Phi) is 3.47. The first-order valence-electron chi connectivity index (χ1n) is 8.87. The molecule has 5 heteroatoms. The Morgan fingerprint density at radius 2 is 1.96 bits per heavy atom. The molecular formula is C22H18N4O. The third kappa shape index (κ3) is 2.56. The van der Waals surface area contributed by atoms with E-state index in [2.05, 4.69) is 14.9 Å². The number of fused-ring (bicyclic) bond motifs is 3. The van der Waals surface area contributed by atoms with Gasteiger partial charge in [-0.15, -0.1) is 0 Å². The molecule has 0 bridgehead atoms. The first kappa shape index (κ1) is 15.6. The molecule has 0 radical (unpaired) electrons. The normalized spacial score (nSPS) is 12.9. The van der Waals surface area contributed by atoms with Crippen molar-refractivity contribution in [3.63, 3.8) is 0 Å². The molecule has 1 aliphatic heterocycles. The van der Waals surface area contributed by atoms with Crippen molar-refractivity contribution in [1.82, 2.24) is 9.55 Å². The summed E-state index contributed by atoms with van der Waals surface area (Å²) in [6, 6.07) is 19.7. The lowest BCUT2D eigenvalue weighted by atomic mass is 10.1. The van der Waals surface area contributed by atoms with Crippen LogP contribution < -0.4 is 10.2 Å². The minimum Gasteiger partial charge on any atom is -0.351 e. The van der Waals surface area contributed by atoms with Crippen LogP contribution in [0.25, 0.3) is 10.9 Å². The molecule has 4 aromatic rings. The summed E-state index contributed by atoms with van der Waals surface area (Å²) < 4.78 is 2.05. The van der Waals surface area contributed by atoms with Gasteiger partial charge in [-0.05, 0) is 48.0 Å². The third-order valence-electron chi connectivity index (χ3n) is 5.05. The van der Waals surface area contributed by atoms with E-state index in [1.807, 2.05) is 73.9 Å². The highest BCUT2D eigenvalue weighted by molar-refractivity contribution is 6.09. The van der Waals surface area contributed by atoms with Gasteiger partial charge in [0.25, 0.3) is 5.91 Å². The Morgan fingerprint density at radius 1 is 1.07 bits per heavy atom. The van der Waals surface area contributed by atoms with Crippen LogP contribution in [-0.2, 0) is 13.6 Å². The number of para-hydroxylation sites is 1. The van der Waals surface area contributed by atoms with E-state index in [0.717, 1.165) is 27.8 Å². The van der Waals surface area contributed by atoms with Gasteiger partial charge in [-0.2, -0.15) is 0 Å². The second-order valence-corrected chi connectivity index (χ2v) is 6.74. The fourth-order valence-corrected chi connectivity index (χ4v) is 3.63. The number of aromatic nitrogens is 2. The van der Waals surface area contributed by atoms with Crippen molar-refractivity contribution in [2.24, 2.45) is 7.05 Å². The summed E-state index contributed by atoms with van der Waals surface area (Å²) in [6.07, 6.45) is 3.74. The summed E-state index contributed by atoms with van der Waals surface area (Å²) in [6.45, 7) is 0.494. The number of rotatable bonds is 1. The molecule has 5 nitrogen and oxygen atoms in total. The number of benzene rings is 2. The fraction of sp³-hybridized carbons (Fsp3) is 0.0909. The number of nitrogens with one attached hydrogen (secondary N) is 1. The number of anilines is 3. The highest BCUT2D eigenvalue weighted by atomic mass is 16.2. The molecule has 0 aliphatic carbocycles. The maximum Gasteiger partial charge on any atom is 0.258 e. The number of carbonyl (C=O) groups excluding carboxylic acids is 1. The highest BCUT2D eigenvalue weighted by Gasteiger charge is 2.25. The summed E-state index contributed by atoms with van der Waals surface area (Å²) in [5.41, 5.74) is 4.60. The predicted octanol–water partition coefficient (Wildman–Crippen LogP) is 4.48. The minimum atomic E-state index is -0.0338. The summed E-state index contributed by atoms with van der Waals surface area (Å²) in [4.78, 5) is 19.7. The molecule has 0 unspecified atom stereocenters. The Bertz CT molecular complexity index is 1180. The topological polar surface area (TPSA) is 50.2 Å². The lowest BCUT2D eigenvalue weighted by Gasteiger charge is -2.22. The Balaban J connectivity index is 1.62. The van der Waals surface area contributed by atoms with Crippen LogP contribution in [0.2, 0.25) is 0 Å². The quantitative estimate of drug-likeness (QED) is 0.548. The van der Waals surface area contributed by atoms with Crippen molar-refractivity contribution in [2.75, 3.05) is 10.2 Å². The lowest BCUT2D eigenvalue weighted by Crippen LogP contribution is -2.30. The molecule has 1 aliphatic rings. The van der Waals surface area contributed by atoms with Crippen molar-refractivity contribution in [1.29, 1.82) is 0 Å². The van der Waals surface area contributed by atoms with E-state index in [0.29, 0.717) is 17.9 Å². The van der Waals surface area contributed by atoms with E-state index < -0.39 is 0 Å². The zero-order valence-corrected chi connectivity index (χ0v) is 14.9. The molecule has 1 amide bonds. The molecule has 2 aromatic carbocycles. The smallest absolute Gasteiger partial charge is 0.258 e. The van der Waals surface area contributed by atoms with E-state index in [4.69, 9.17) is 0 Å². The molecular weight excluding hydrogens is 336 g/mol. The van der Waals surface area contributed by atoms with Gasteiger partial charge < -0.3 is 14.8 Å². The molecule has 0 atom stereocenters. The number of hydrogen-bond acceptors (Lipinski definition) is 3. The molecule has 1 N–H and O–H groups in total. The van der Waals surface area contributed by atoms with Crippen LogP contribution in [0.4, 0.5) is 17.2 Å². The Morgan fingerprint density at radius 3 is 2.89 bits per heavy atom. The van der Waals surface area contributed by atoms with Crippen LogP contribution in [-0.4, -0.2) is 15.5 Å². The van der Waals surface area contributed by atoms with Gasteiger partial charge in [-0.25, -0.2) is 4.98 Å². The van der Waals surface area contributed by atoms with E-state index in [-0.39, 0.29) is 5.91 Å². The van der Waals surface area contributed by atoms with Gasteiger partial charge in [0.1, 0.15) is 0 Å². The lowest BCUT2D eigenvalue weighted by molar-refractivity contribution is 0.0985. The van der Waals surface area contributed by atoms with Crippen molar-refractivity contribution in [2.45, 2.75) is 6.54 Å². The standard InChI is InChI=1S/C22H18N4O/c1-25-12-10-15-13-16(8-9-19(15)25)22(27)26-14-17-5-2-3-6-18(17)24-21-20(26)7-4-11-23-21/h2-13H,14H2,1H3,(H,23,24). The molecule has 0 saturated carbocycles. The van der Waals surface area contributed by atoms with Gasteiger partial charge in [0.15, 0.2) is 5.82 Å². The summed E-state index contributed by atoms with van der Waals surface area (Å²) >= 11 is 0. The highest BCUT2D eigenvalue weighted by Crippen LogP contribution is 2.35. The van der Waals surface area contributed by atoms with Gasteiger partial charge >= 0.3 is 0 Å². The third-order valence-corrected chi connectivity index (χ3v) is 5.05.